The van der Waals surface area contributed by atoms with Crippen LogP contribution in [-0.2, 0) is 0 Å². The Hall–Kier alpha value is -6.18. The Bertz CT molecular complexity index is 2910. The first-order valence-electron chi connectivity index (χ1n) is 18.3. The summed E-state index contributed by atoms with van der Waals surface area (Å²) in [4.78, 5) is 0. The third kappa shape index (κ3) is 3.90. The lowest BCUT2D eigenvalue weighted by Crippen LogP contribution is -1.99. The second kappa shape index (κ2) is 10.2. The summed E-state index contributed by atoms with van der Waals surface area (Å²) in [6.07, 6.45) is 0. The predicted octanol–water partition coefficient (Wildman–Crippen LogP) is 13.1. The third-order valence-corrected chi connectivity index (χ3v) is 9.54. The fourth-order valence-electron chi connectivity index (χ4n) is 7.56. The van der Waals surface area contributed by atoms with Crippen LogP contribution >= 0.6 is 0 Å². The average molecular weight is 602 g/mol. The third-order valence-electron chi connectivity index (χ3n) is 9.54. The molecule has 0 aliphatic carbocycles. The van der Waals surface area contributed by atoms with Gasteiger partial charge >= 0.3 is 0 Å². The Labute approximate surface area is 280 Å². The highest BCUT2D eigenvalue weighted by Crippen LogP contribution is 2.51. The monoisotopic (exact) mass is 601 g/mol. The Kier molecular flexibility index (Phi) is 4.66. The first-order chi connectivity index (χ1) is 25.4. The molecule has 10 rings (SSSR count). The number of benzene rings is 9. The van der Waals surface area contributed by atoms with Gasteiger partial charge in [-0.15, -0.1) is 0 Å². The topological polar surface area (TPSA) is 9.23 Å². The minimum atomic E-state index is -0.404. The van der Waals surface area contributed by atoms with E-state index in [4.69, 9.17) is 11.6 Å². The van der Waals surface area contributed by atoms with Crippen molar-refractivity contribution in [3.05, 3.63) is 170 Å². The Morgan fingerprint density at radius 2 is 0.979 bits per heavy atom. The van der Waals surface area contributed by atoms with Crippen LogP contribution in [0.3, 0.4) is 0 Å². The quantitative estimate of drug-likeness (QED) is 0.183. The molecule has 1 aliphatic heterocycles. The lowest BCUT2D eigenvalue weighted by Gasteiger charge is -2.24. The fraction of sp³-hybridized carbons (Fsp3) is 0. The van der Waals surface area contributed by atoms with Crippen LogP contribution in [0, 0.1) is 0 Å². The van der Waals surface area contributed by atoms with Crippen LogP contribution in [0.2, 0.25) is 0 Å². The normalized spacial score (nSPS) is 13.5. The zero-order valence-electron chi connectivity index (χ0n) is 30.2. The first-order valence-corrected chi connectivity index (χ1v) is 15.8. The van der Waals surface area contributed by atoms with Crippen LogP contribution in [0.4, 0.5) is 0 Å². The average Bonchev–Trinajstić information content (AvgIpc) is 3.18. The van der Waals surface area contributed by atoms with Gasteiger partial charge in [0.05, 0.1) is 6.85 Å². The van der Waals surface area contributed by atoms with Crippen LogP contribution in [0.5, 0.6) is 11.5 Å². The zero-order chi connectivity index (χ0) is 35.2. The highest BCUT2D eigenvalue weighted by molar-refractivity contribution is 6.23. The van der Waals surface area contributed by atoms with Crippen LogP contribution < -0.4 is 4.74 Å². The molecule has 0 spiro atoms. The Balaban J connectivity index is 1.19. The van der Waals surface area contributed by atoms with E-state index in [-0.39, 0.29) is 29.7 Å². The maximum Gasteiger partial charge on any atom is 0.135 e. The SMILES string of the molecule is [2H]c1c([2H])c([2H])c(-c2ccc3c4c(cccc24)Oc2cc(-c4c5ccccc5c(-c5cccc6ccccc56)c5ccccc45)ccc2-3)c([2H])c1[2H]. The van der Waals surface area contributed by atoms with Crippen LogP contribution in [-0.4, -0.2) is 0 Å². The van der Waals surface area contributed by atoms with E-state index in [0.717, 1.165) is 49.5 Å². The molecule has 9 aromatic carbocycles. The van der Waals surface area contributed by atoms with Crippen LogP contribution in [0.1, 0.15) is 6.85 Å². The molecule has 1 heteroatoms. The van der Waals surface area contributed by atoms with Gasteiger partial charge in [-0.05, 0) is 94.8 Å². The van der Waals surface area contributed by atoms with Gasteiger partial charge in [0.1, 0.15) is 11.5 Å². The molecular formula is C46H28O. The molecule has 9 aromatic rings. The van der Waals surface area contributed by atoms with Gasteiger partial charge in [-0.3, -0.25) is 0 Å². The van der Waals surface area contributed by atoms with Crippen molar-refractivity contribution >= 4 is 43.1 Å². The lowest BCUT2D eigenvalue weighted by molar-refractivity contribution is 0.487. The molecule has 0 bridgehead atoms. The molecule has 0 N–H and O–H groups in total. The molecule has 0 saturated carbocycles. The van der Waals surface area contributed by atoms with E-state index in [2.05, 4.69) is 109 Å². The molecule has 218 valence electrons. The smallest absolute Gasteiger partial charge is 0.135 e. The minimum Gasteiger partial charge on any atom is -0.456 e. The summed E-state index contributed by atoms with van der Waals surface area (Å²) in [5.41, 5.74) is 7.27. The predicted molar refractivity (Wildman–Crippen MR) is 198 cm³/mol. The summed E-state index contributed by atoms with van der Waals surface area (Å²) in [6.45, 7) is 0. The fourth-order valence-corrected chi connectivity index (χ4v) is 7.56. The van der Waals surface area contributed by atoms with Crippen molar-refractivity contribution < 1.29 is 11.6 Å². The minimum absolute atomic E-state index is 0.182. The van der Waals surface area contributed by atoms with Crippen molar-refractivity contribution in [3.63, 3.8) is 0 Å². The second-order valence-corrected chi connectivity index (χ2v) is 12.0. The van der Waals surface area contributed by atoms with Gasteiger partial charge in [-0.1, -0.05) is 152 Å². The molecule has 0 aromatic heterocycles. The summed E-state index contributed by atoms with van der Waals surface area (Å²) in [5.74, 6) is 1.40. The van der Waals surface area contributed by atoms with E-state index < -0.39 is 6.04 Å². The molecule has 47 heavy (non-hydrogen) atoms. The molecule has 0 unspecified atom stereocenters. The standard InChI is InChI=1S/C46H28O/c1-2-12-29(13-3-1)33-26-27-41-34-25-24-31(28-43(34)47-42-23-11-22-36(33)46(41)42)44-37-17-6-8-19-39(37)45(40-20-9-7-18-38(40)44)35-21-10-15-30-14-4-5-16-32(30)35/h1-28H/i1D,2D,3D,12D,13D. The summed E-state index contributed by atoms with van der Waals surface area (Å²) in [6, 6.07) is 46.8. The van der Waals surface area contributed by atoms with E-state index in [9.17, 15) is 0 Å². The van der Waals surface area contributed by atoms with Crippen molar-refractivity contribution in [2.75, 3.05) is 0 Å². The number of hydrogen-bond acceptors (Lipinski definition) is 1. The van der Waals surface area contributed by atoms with E-state index in [0.29, 0.717) is 11.3 Å². The largest absolute Gasteiger partial charge is 0.456 e. The molecule has 0 fully saturated rings. The first kappa shape index (κ1) is 21.5. The molecule has 1 aliphatic rings. The number of ether oxygens (including phenoxy) is 1. The molecule has 0 saturated heterocycles. The van der Waals surface area contributed by atoms with Gasteiger partial charge in [-0.25, -0.2) is 0 Å². The second-order valence-electron chi connectivity index (χ2n) is 12.0. The highest BCUT2D eigenvalue weighted by atomic mass is 16.5. The van der Waals surface area contributed by atoms with Crippen molar-refractivity contribution in [2.24, 2.45) is 0 Å². The van der Waals surface area contributed by atoms with Gasteiger partial charge in [0, 0.05) is 10.9 Å². The van der Waals surface area contributed by atoms with Gasteiger partial charge in [0.2, 0.25) is 0 Å². The maximum atomic E-state index is 8.65. The van der Waals surface area contributed by atoms with E-state index in [1.807, 2.05) is 30.3 Å². The van der Waals surface area contributed by atoms with Gasteiger partial charge in [0.15, 0.2) is 0 Å². The maximum absolute atomic E-state index is 8.65. The molecule has 0 amide bonds. The molecular weight excluding hydrogens is 569 g/mol. The van der Waals surface area contributed by atoms with Crippen molar-refractivity contribution in [3.8, 4) is 56.0 Å². The van der Waals surface area contributed by atoms with Crippen LogP contribution in [0.25, 0.3) is 87.6 Å². The number of hydrogen-bond donors (Lipinski definition) is 0. The summed E-state index contributed by atoms with van der Waals surface area (Å²) < 4.78 is 48.6. The number of fused-ring (bicyclic) bond motifs is 5. The van der Waals surface area contributed by atoms with E-state index in [1.165, 1.54) is 32.7 Å². The molecule has 0 atom stereocenters. The lowest BCUT2D eigenvalue weighted by atomic mass is 9.84. The van der Waals surface area contributed by atoms with Crippen molar-refractivity contribution in [1.29, 1.82) is 0 Å². The van der Waals surface area contributed by atoms with Crippen molar-refractivity contribution in [1.82, 2.24) is 0 Å². The van der Waals surface area contributed by atoms with E-state index in [1.54, 1.807) is 0 Å². The molecule has 1 heterocycles. The Morgan fingerprint density at radius 1 is 0.383 bits per heavy atom. The van der Waals surface area contributed by atoms with Gasteiger partial charge in [0.25, 0.3) is 0 Å². The van der Waals surface area contributed by atoms with Crippen LogP contribution in [0.15, 0.2) is 170 Å². The summed E-state index contributed by atoms with van der Waals surface area (Å²) >= 11 is 0. The van der Waals surface area contributed by atoms with E-state index >= 15 is 0 Å². The zero-order valence-corrected chi connectivity index (χ0v) is 25.2. The highest BCUT2D eigenvalue weighted by Gasteiger charge is 2.24. The molecule has 0 radical (unpaired) electrons. The molecule has 1 nitrogen and oxygen atoms in total. The van der Waals surface area contributed by atoms with Gasteiger partial charge in [-0.2, -0.15) is 0 Å². The summed E-state index contributed by atoms with van der Waals surface area (Å²) in [5, 5.41) is 8.73. The number of rotatable bonds is 3. The van der Waals surface area contributed by atoms with Gasteiger partial charge < -0.3 is 4.74 Å². The summed E-state index contributed by atoms with van der Waals surface area (Å²) in [7, 11) is 0. The Morgan fingerprint density at radius 3 is 1.74 bits per heavy atom. The van der Waals surface area contributed by atoms with Crippen molar-refractivity contribution in [2.45, 2.75) is 0 Å².